The lowest BCUT2D eigenvalue weighted by molar-refractivity contribution is -0.146. The predicted molar refractivity (Wildman–Crippen MR) is 70.3 cm³/mol. The van der Waals surface area contributed by atoms with E-state index in [4.69, 9.17) is 0 Å². The highest BCUT2D eigenvalue weighted by molar-refractivity contribution is 5.96. The molecular weight excluding hydrogens is 280 g/mol. The summed E-state index contributed by atoms with van der Waals surface area (Å²) in [5.74, 6) is -5.47. The second-order valence-corrected chi connectivity index (χ2v) is 5.42. The first-order valence-corrected chi connectivity index (χ1v) is 6.65. The number of hydrogen-bond donors (Lipinski definition) is 2. The average Bonchev–Trinajstić information content (AvgIpc) is 3.03. The quantitative estimate of drug-likeness (QED) is 0.841. The number of rotatable bonds is 3. The van der Waals surface area contributed by atoms with Crippen molar-refractivity contribution >= 4 is 17.6 Å². The summed E-state index contributed by atoms with van der Waals surface area (Å²) in [7, 11) is 0. The van der Waals surface area contributed by atoms with E-state index in [-0.39, 0.29) is 11.8 Å². The number of carbonyl (C=O) groups excluding carboxylic acids is 1. The van der Waals surface area contributed by atoms with E-state index in [1.807, 2.05) is 6.08 Å². The lowest BCUT2D eigenvalue weighted by atomic mass is 9.82. The molecule has 110 valence electrons. The molecule has 4 atom stereocenters. The van der Waals surface area contributed by atoms with Crippen LogP contribution in [0, 0.1) is 35.3 Å². The maximum Gasteiger partial charge on any atom is 0.307 e. The third-order valence-electron chi connectivity index (χ3n) is 4.26. The monoisotopic (exact) mass is 293 g/mol. The summed E-state index contributed by atoms with van der Waals surface area (Å²) in [4.78, 5) is 23.6. The van der Waals surface area contributed by atoms with Crippen molar-refractivity contribution in [1.82, 2.24) is 0 Å². The first-order valence-electron chi connectivity index (χ1n) is 6.65. The zero-order valence-electron chi connectivity index (χ0n) is 10.9. The Morgan fingerprint density at radius 3 is 2.24 bits per heavy atom. The van der Waals surface area contributed by atoms with Gasteiger partial charge in [0.2, 0.25) is 5.91 Å². The zero-order valence-corrected chi connectivity index (χ0v) is 10.9. The molecule has 0 radical (unpaired) electrons. The molecule has 3 rings (SSSR count). The Labute approximate surface area is 119 Å². The fraction of sp³-hybridized carbons (Fsp3) is 0.333. The maximum absolute atomic E-state index is 13.6. The van der Waals surface area contributed by atoms with Crippen molar-refractivity contribution in [3.8, 4) is 0 Å². The number of anilines is 1. The summed E-state index contributed by atoms with van der Waals surface area (Å²) < 4.78 is 27.1. The van der Waals surface area contributed by atoms with Gasteiger partial charge in [-0.15, -0.1) is 0 Å². The van der Waals surface area contributed by atoms with Crippen LogP contribution in [-0.2, 0) is 9.59 Å². The minimum absolute atomic E-state index is 0.186. The molecule has 1 aromatic rings. The first kappa shape index (κ1) is 13.7. The molecule has 1 aromatic carbocycles. The molecule has 2 aliphatic carbocycles. The summed E-state index contributed by atoms with van der Waals surface area (Å²) in [5, 5.41) is 11.5. The van der Waals surface area contributed by atoms with Crippen molar-refractivity contribution in [2.24, 2.45) is 23.7 Å². The average molecular weight is 293 g/mol. The smallest absolute Gasteiger partial charge is 0.307 e. The zero-order chi connectivity index (χ0) is 15.1. The summed E-state index contributed by atoms with van der Waals surface area (Å²) in [5.41, 5.74) is -0.529. The van der Waals surface area contributed by atoms with E-state index in [9.17, 15) is 23.5 Å². The highest BCUT2D eigenvalue weighted by Crippen LogP contribution is 2.48. The van der Waals surface area contributed by atoms with Crippen molar-refractivity contribution in [1.29, 1.82) is 0 Å². The van der Waals surface area contributed by atoms with E-state index < -0.39 is 41.0 Å². The number of nitrogens with one attached hydrogen (secondary N) is 1. The normalized spacial score (nSPS) is 29.6. The highest BCUT2D eigenvalue weighted by atomic mass is 19.1. The molecule has 0 spiro atoms. The van der Waals surface area contributed by atoms with Crippen LogP contribution >= 0.6 is 0 Å². The van der Waals surface area contributed by atoms with Gasteiger partial charge >= 0.3 is 5.97 Å². The van der Waals surface area contributed by atoms with Gasteiger partial charge in [-0.05, 0) is 30.4 Å². The van der Waals surface area contributed by atoms with E-state index in [0.717, 1.165) is 12.1 Å². The summed E-state index contributed by atoms with van der Waals surface area (Å²) in [6.45, 7) is 0. The van der Waals surface area contributed by atoms with Gasteiger partial charge in [-0.2, -0.15) is 0 Å². The fourth-order valence-electron chi connectivity index (χ4n) is 3.34. The Bertz CT molecular complexity index is 624. The number of carboxylic acids is 1. The molecule has 0 aliphatic heterocycles. The minimum atomic E-state index is -1.05. The van der Waals surface area contributed by atoms with Crippen molar-refractivity contribution in [2.45, 2.75) is 6.42 Å². The van der Waals surface area contributed by atoms with Crippen LogP contribution in [0.4, 0.5) is 14.5 Å². The van der Waals surface area contributed by atoms with E-state index in [0.29, 0.717) is 6.42 Å². The van der Waals surface area contributed by atoms with Gasteiger partial charge in [0.25, 0.3) is 0 Å². The standard InChI is InChI=1S/C15H13F2NO3/c16-9-2-1-3-10(17)13(9)18-14(19)11-7-4-5-8(6-7)12(11)15(20)21/h1-5,7-8,11-12H,6H2,(H,18,19)(H,20,21). The SMILES string of the molecule is O=C(O)C1C2C=CC(C2)C1C(=O)Nc1c(F)cccc1F. The van der Waals surface area contributed by atoms with Gasteiger partial charge in [0, 0.05) is 0 Å². The maximum atomic E-state index is 13.6. The Morgan fingerprint density at radius 2 is 1.67 bits per heavy atom. The van der Waals surface area contributed by atoms with Crippen LogP contribution in [0.1, 0.15) is 6.42 Å². The number of carboxylic acid groups (broad SMARTS) is 1. The molecule has 6 heteroatoms. The third kappa shape index (κ3) is 2.20. The molecule has 1 fully saturated rings. The molecule has 21 heavy (non-hydrogen) atoms. The Balaban J connectivity index is 1.85. The Hall–Kier alpha value is -2.24. The molecule has 1 amide bonds. The number of aliphatic carboxylic acids is 1. The first-order chi connectivity index (χ1) is 9.99. The number of benzene rings is 1. The fourth-order valence-corrected chi connectivity index (χ4v) is 3.34. The highest BCUT2D eigenvalue weighted by Gasteiger charge is 2.51. The lowest BCUT2D eigenvalue weighted by Gasteiger charge is -2.24. The molecule has 0 heterocycles. The predicted octanol–water partition coefficient (Wildman–Crippen LogP) is 2.43. The summed E-state index contributed by atoms with van der Waals surface area (Å²) in [6, 6.07) is 3.27. The van der Waals surface area contributed by atoms with Crippen LogP contribution in [-0.4, -0.2) is 17.0 Å². The number of carbonyl (C=O) groups is 2. The second-order valence-electron chi connectivity index (χ2n) is 5.42. The molecule has 2 bridgehead atoms. The van der Waals surface area contributed by atoms with Crippen LogP contribution in [0.25, 0.3) is 0 Å². The van der Waals surface area contributed by atoms with Crippen molar-refractivity contribution in [3.05, 3.63) is 42.0 Å². The van der Waals surface area contributed by atoms with Crippen LogP contribution in [0.3, 0.4) is 0 Å². The number of hydrogen-bond acceptors (Lipinski definition) is 2. The second kappa shape index (κ2) is 4.95. The number of halogens is 2. The Kier molecular flexibility index (Phi) is 3.23. The van der Waals surface area contributed by atoms with Gasteiger partial charge in [0.1, 0.15) is 17.3 Å². The molecule has 0 aromatic heterocycles. The van der Waals surface area contributed by atoms with Crippen LogP contribution < -0.4 is 5.32 Å². The van der Waals surface area contributed by atoms with E-state index >= 15 is 0 Å². The Morgan fingerprint density at radius 1 is 1.10 bits per heavy atom. The van der Waals surface area contributed by atoms with E-state index in [1.165, 1.54) is 6.07 Å². The number of allylic oxidation sites excluding steroid dienone is 2. The molecule has 4 nitrogen and oxygen atoms in total. The summed E-state index contributed by atoms with van der Waals surface area (Å²) >= 11 is 0. The largest absolute Gasteiger partial charge is 0.481 e. The van der Waals surface area contributed by atoms with Crippen LogP contribution in [0.2, 0.25) is 0 Å². The molecule has 2 N–H and O–H groups in total. The molecular formula is C15H13F2NO3. The molecule has 1 saturated carbocycles. The minimum Gasteiger partial charge on any atom is -0.481 e. The van der Waals surface area contributed by atoms with Crippen LogP contribution in [0.15, 0.2) is 30.4 Å². The van der Waals surface area contributed by atoms with Gasteiger partial charge < -0.3 is 10.4 Å². The molecule has 2 aliphatic rings. The van der Waals surface area contributed by atoms with Gasteiger partial charge in [-0.25, -0.2) is 8.78 Å². The molecule has 4 unspecified atom stereocenters. The third-order valence-corrected chi connectivity index (χ3v) is 4.26. The van der Waals surface area contributed by atoms with Crippen molar-refractivity contribution in [2.75, 3.05) is 5.32 Å². The summed E-state index contributed by atoms with van der Waals surface area (Å²) in [6.07, 6.45) is 4.21. The number of fused-ring (bicyclic) bond motifs is 2. The van der Waals surface area contributed by atoms with Gasteiger partial charge in [0.05, 0.1) is 11.8 Å². The van der Waals surface area contributed by atoms with Crippen molar-refractivity contribution < 1.29 is 23.5 Å². The topological polar surface area (TPSA) is 66.4 Å². The molecule has 0 saturated heterocycles. The van der Waals surface area contributed by atoms with Crippen LogP contribution in [0.5, 0.6) is 0 Å². The van der Waals surface area contributed by atoms with Gasteiger partial charge in [0.15, 0.2) is 0 Å². The number of para-hydroxylation sites is 1. The van der Waals surface area contributed by atoms with E-state index in [2.05, 4.69) is 5.32 Å². The van der Waals surface area contributed by atoms with Crippen molar-refractivity contribution in [3.63, 3.8) is 0 Å². The number of amides is 1. The van der Waals surface area contributed by atoms with Gasteiger partial charge in [-0.3, -0.25) is 9.59 Å². The van der Waals surface area contributed by atoms with Gasteiger partial charge in [-0.1, -0.05) is 18.2 Å². The van der Waals surface area contributed by atoms with E-state index in [1.54, 1.807) is 6.08 Å². The lowest BCUT2D eigenvalue weighted by Crippen LogP contribution is -2.36.